The molecule has 0 aliphatic carbocycles. The van der Waals surface area contributed by atoms with Crippen LogP contribution in [-0.4, -0.2) is 9.85 Å². The van der Waals surface area contributed by atoms with E-state index in [2.05, 4.69) is 0 Å². The molecule has 86 valence electrons. The van der Waals surface area contributed by atoms with E-state index in [0.29, 0.717) is 0 Å². The third kappa shape index (κ3) is 1.33. The Morgan fingerprint density at radius 1 is 0.875 bits per heavy atom. The molecule has 0 aromatic carbocycles. The molecule has 0 bridgehead atoms. The molecule has 0 aliphatic heterocycles. The first-order chi connectivity index (χ1) is 7.29. The molecule has 1 heterocycles. The molecular formula is C4H4N6O6. The SMILES string of the molecule is Nc1c([N+](=O)[O-])[n+]([O-])c([N+](=O)[O-])c(N)[n+]1[O-]. The van der Waals surface area contributed by atoms with Crippen molar-refractivity contribution in [3.05, 3.63) is 30.6 Å². The normalized spacial score (nSPS) is 10.0. The number of nitro groups is 2. The van der Waals surface area contributed by atoms with Crippen LogP contribution in [0.25, 0.3) is 0 Å². The van der Waals surface area contributed by atoms with Gasteiger partial charge >= 0.3 is 23.3 Å². The maximum Gasteiger partial charge on any atom is 0.592 e. The van der Waals surface area contributed by atoms with Gasteiger partial charge in [-0.3, -0.25) is 20.2 Å². The van der Waals surface area contributed by atoms with Crippen molar-refractivity contribution in [2.75, 3.05) is 11.5 Å². The van der Waals surface area contributed by atoms with E-state index >= 15 is 0 Å². The zero-order valence-corrected chi connectivity index (χ0v) is 7.39. The fraction of sp³-hybridized carbons (Fsp3) is 0. The van der Waals surface area contributed by atoms with Gasteiger partial charge in [0.25, 0.3) is 0 Å². The van der Waals surface area contributed by atoms with Crippen molar-refractivity contribution in [2.24, 2.45) is 0 Å². The molecule has 12 nitrogen and oxygen atoms in total. The van der Waals surface area contributed by atoms with Gasteiger partial charge in [-0.25, -0.2) is 4.73 Å². The van der Waals surface area contributed by atoms with Crippen molar-refractivity contribution < 1.29 is 19.3 Å². The summed E-state index contributed by atoms with van der Waals surface area (Å²) in [4.78, 5) is 18.1. The lowest BCUT2D eigenvalue weighted by atomic mass is 10.5. The van der Waals surface area contributed by atoms with E-state index in [0.717, 1.165) is 0 Å². The lowest BCUT2D eigenvalue weighted by molar-refractivity contribution is -0.723. The zero-order chi connectivity index (χ0) is 12.6. The number of anilines is 2. The summed E-state index contributed by atoms with van der Waals surface area (Å²) in [6.45, 7) is 0. The topological polar surface area (TPSA) is 192 Å². The van der Waals surface area contributed by atoms with E-state index in [-0.39, 0.29) is 0 Å². The highest BCUT2D eigenvalue weighted by molar-refractivity contribution is 5.46. The Morgan fingerprint density at radius 2 is 1.19 bits per heavy atom. The van der Waals surface area contributed by atoms with Crippen LogP contribution in [-0.2, 0) is 0 Å². The first-order valence-corrected chi connectivity index (χ1v) is 3.51. The van der Waals surface area contributed by atoms with Crippen LogP contribution < -0.4 is 20.9 Å². The summed E-state index contributed by atoms with van der Waals surface area (Å²) in [6.07, 6.45) is 0. The highest BCUT2D eigenvalue weighted by Gasteiger charge is 2.42. The summed E-state index contributed by atoms with van der Waals surface area (Å²) in [7, 11) is 0. The van der Waals surface area contributed by atoms with Crippen molar-refractivity contribution in [3.63, 3.8) is 0 Å². The first kappa shape index (κ1) is 11.2. The van der Waals surface area contributed by atoms with E-state index < -0.39 is 42.6 Å². The molecule has 0 saturated heterocycles. The molecule has 1 aromatic rings. The van der Waals surface area contributed by atoms with Gasteiger partial charge in [-0.2, -0.15) is 0 Å². The van der Waals surface area contributed by atoms with Crippen LogP contribution in [0, 0.1) is 30.6 Å². The average Bonchev–Trinajstić information content (AvgIpc) is 2.13. The molecule has 4 N–H and O–H groups in total. The van der Waals surface area contributed by atoms with Gasteiger partial charge in [0.05, 0.1) is 0 Å². The predicted molar refractivity (Wildman–Crippen MR) is 46.5 cm³/mol. The molecular weight excluding hydrogens is 228 g/mol. The third-order valence-electron chi connectivity index (χ3n) is 1.63. The highest BCUT2D eigenvalue weighted by Crippen LogP contribution is 2.19. The number of nitrogens with zero attached hydrogens (tertiary/aromatic N) is 4. The maximum absolute atomic E-state index is 11.2. The standard InChI is InChI=1S/C4H4N6O6/c5-1-3(9(13)14)8(12)4(10(15)16)2(6)7(1)11/h5-6H2. The summed E-state index contributed by atoms with van der Waals surface area (Å²) in [6, 6.07) is 0. The van der Waals surface area contributed by atoms with Gasteiger partial charge in [-0.15, -0.1) is 0 Å². The fourth-order valence-electron chi connectivity index (χ4n) is 0.955. The average molecular weight is 232 g/mol. The molecule has 1 rings (SSSR count). The summed E-state index contributed by atoms with van der Waals surface area (Å²) in [5, 5.41) is 43.0. The van der Waals surface area contributed by atoms with Gasteiger partial charge in [0.15, 0.2) is 0 Å². The molecule has 0 radical (unpaired) electrons. The Labute approximate surface area is 85.8 Å². The monoisotopic (exact) mass is 232 g/mol. The highest BCUT2D eigenvalue weighted by atomic mass is 16.7. The minimum Gasteiger partial charge on any atom is -0.739 e. The molecule has 0 atom stereocenters. The van der Waals surface area contributed by atoms with Gasteiger partial charge in [0.1, 0.15) is 9.85 Å². The second kappa shape index (κ2) is 3.34. The van der Waals surface area contributed by atoms with E-state index in [9.17, 15) is 30.6 Å². The Bertz CT molecular complexity index is 457. The van der Waals surface area contributed by atoms with Crippen molar-refractivity contribution in [2.45, 2.75) is 0 Å². The van der Waals surface area contributed by atoms with Gasteiger partial charge in [-0.1, -0.05) is 0 Å². The summed E-state index contributed by atoms with van der Waals surface area (Å²) in [5.74, 6) is -5.14. The van der Waals surface area contributed by atoms with Gasteiger partial charge in [-0.05, 0) is 4.73 Å². The molecule has 16 heavy (non-hydrogen) atoms. The van der Waals surface area contributed by atoms with Gasteiger partial charge in [0.2, 0.25) is 0 Å². The molecule has 0 aliphatic rings. The lowest BCUT2D eigenvalue weighted by Crippen LogP contribution is -2.46. The van der Waals surface area contributed by atoms with Gasteiger partial charge < -0.3 is 21.9 Å². The number of nitrogen functional groups attached to an aromatic ring is 2. The van der Waals surface area contributed by atoms with Crippen molar-refractivity contribution >= 4 is 23.3 Å². The maximum atomic E-state index is 11.2. The quantitative estimate of drug-likeness (QED) is 0.251. The smallest absolute Gasteiger partial charge is 0.592 e. The largest absolute Gasteiger partial charge is 0.739 e. The van der Waals surface area contributed by atoms with Crippen LogP contribution in [0.2, 0.25) is 0 Å². The zero-order valence-electron chi connectivity index (χ0n) is 7.39. The fourth-order valence-corrected chi connectivity index (χ4v) is 0.955. The number of aromatic nitrogens is 2. The van der Waals surface area contributed by atoms with E-state index in [1.54, 1.807) is 0 Å². The van der Waals surface area contributed by atoms with Gasteiger partial charge in [0, 0.05) is 0 Å². The second-order valence-electron chi connectivity index (χ2n) is 2.52. The predicted octanol–water partition coefficient (Wildman–Crippen LogP) is -2.07. The number of nitrogens with two attached hydrogens (primary N) is 2. The summed E-state index contributed by atoms with van der Waals surface area (Å²) in [5.41, 5.74) is 9.88. The van der Waals surface area contributed by atoms with Crippen LogP contribution in [0.4, 0.5) is 23.3 Å². The van der Waals surface area contributed by atoms with E-state index in [1.807, 2.05) is 0 Å². The Hall–Kier alpha value is -2.92. The Balaban J connectivity index is 3.80. The van der Waals surface area contributed by atoms with Crippen molar-refractivity contribution in [3.8, 4) is 0 Å². The van der Waals surface area contributed by atoms with Crippen molar-refractivity contribution in [1.82, 2.24) is 0 Å². The molecule has 0 fully saturated rings. The molecule has 0 saturated carbocycles. The second-order valence-corrected chi connectivity index (χ2v) is 2.52. The Morgan fingerprint density at radius 3 is 1.44 bits per heavy atom. The minimum atomic E-state index is -1.45. The third-order valence-corrected chi connectivity index (χ3v) is 1.63. The summed E-state index contributed by atoms with van der Waals surface area (Å²) < 4.78 is -1.16. The molecule has 1 aromatic heterocycles. The molecule has 0 amide bonds. The van der Waals surface area contributed by atoms with Crippen LogP contribution >= 0.6 is 0 Å². The number of hydrogen-bond donors (Lipinski definition) is 2. The molecule has 12 heteroatoms. The number of rotatable bonds is 2. The van der Waals surface area contributed by atoms with Crippen LogP contribution in [0.1, 0.15) is 0 Å². The molecule has 0 unspecified atom stereocenters. The van der Waals surface area contributed by atoms with Crippen LogP contribution in [0.5, 0.6) is 0 Å². The number of hydrogen-bond acceptors (Lipinski definition) is 8. The van der Waals surface area contributed by atoms with Crippen molar-refractivity contribution in [1.29, 1.82) is 0 Å². The van der Waals surface area contributed by atoms with Crippen LogP contribution in [0.15, 0.2) is 0 Å². The van der Waals surface area contributed by atoms with E-state index in [1.165, 1.54) is 0 Å². The van der Waals surface area contributed by atoms with Crippen LogP contribution in [0.3, 0.4) is 0 Å². The minimum absolute atomic E-state index is 0.454. The summed E-state index contributed by atoms with van der Waals surface area (Å²) >= 11 is 0. The Kier molecular flexibility index (Phi) is 2.33. The first-order valence-electron chi connectivity index (χ1n) is 3.51. The molecule has 0 spiro atoms. The lowest BCUT2D eigenvalue weighted by Gasteiger charge is -2.08. The van der Waals surface area contributed by atoms with E-state index in [4.69, 9.17) is 11.5 Å².